The van der Waals surface area contributed by atoms with E-state index in [1.54, 1.807) is 24.3 Å². The number of likely N-dealkylation sites (tertiary alicyclic amines) is 1. The van der Waals surface area contributed by atoms with E-state index in [0.29, 0.717) is 23.1 Å². The number of fused-ring (bicyclic) bond motifs is 1. The monoisotopic (exact) mass is 643 g/mol. The van der Waals surface area contributed by atoms with Crippen molar-refractivity contribution in [1.82, 2.24) is 20.0 Å². The Morgan fingerprint density at radius 2 is 1.36 bits per heavy atom. The molecule has 13 heteroatoms. The molecule has 1 N–H and O–H groups in total. The van der Waals surface area contributed by atoms with Crippen molar-refractivity contribution in [3.63, 3.8) is 0 Å². The highest BCUT2D eigenvalue weighted by atomic mass is 16.6. The molecular weight excluding hydrogens is 602 g/mol. The van der Waals surface area contributed by atoms with E-state index in [0.717, 1.165) is 88.0 Å². The lowest BCUT2D eigenvalue weighted by atomic mass is 9.93. The highest BCUT2D eigenvalue weighted by Gasteiger charge is 2.45. The summed E-state index contributed by atoms with van der Waals surface area (Å²) >= 11 is 0. The molecule has 4 fully saturated rings. The van der Waals surface area contributed by atoms with Gasteiger partial charge in [0.1, 0.15) is 6.04 Å². The summed E-state index contributed by atoms with van der Waals surface area (Å²) in [6.07, 6.45) is 4.74. The number of rotatable bonds is 7. The van der Waals surface area contributed by atoms with Crippen LogP contribution in [-0.4, -0.2) is 114 Å². The van der Waals surface area contributed by atoms with Crippen LogP contribution in [-0.2, 0) is 9.59 Å². The van der Waals surface area contributed by atoms with Gasteiger partial charge in [-0.25, -0.2) is 0 Å². The predicted molar refractivity (Wildman–Crippen MR) is 174 cm³/mol. The van der Waals surface area contributed by atoms with Crippen LogP contribution in [0.25, 0.3) is 0 Å². The van der Waals surface area contributed by atoms with Gasteiger partial charge in [-0.1, -0.05) is 0 Å². The molecule has 5 aliphatic heterocycles. The number of hydrogen-bond acceptors (Lipinski definition) is 10. The van der Waals surface area contributed by atoms with Gasteiger partial charge >= 0.3 is 0 Å². The van der Waals surface area contributed by atoms with Gasteiger partial charge in [-0.15, -0.1) is 0 Å². The zero-order chi connectivity index (χ0) is 32.7. The zero-order valence-corrected chi connectivity index (χ0v) is 26.5. The minimum atomic E-state index is -0.955. The van der Waals surface area contributed by atoms with Gasteiger partial charge in [0.05, 0.1) is 16.1 Å². The summed E-state index contributed by atoms with van der Waals surface area (Å²) in [7, 11) is 0. The number of nitrogens with one attached hydrogen (secondary N) is 1. The smallest absolute Gasteiger partial charge is 0.269 e. The van der Waals surface area contributed by atoms with E-state index in [9.17, 15) is 29.3 Å². The largest absolute Gasteiger partial charge is 0.371 e. The number of amides is 4. The first-order valence-electron chi connectivity index (χ1n) is 16.8. The summed E-state index contributed by atoms with van der Waals surface area (Å²) in [4.78, 5) is 71.7. The van der Waals surface area contributed by atoms with Gasteiger partial charge in [-0.2, -0.15) is 0 Å². The van der Waals surface area contributed by atoms with Gasteiger partial charge in [-0.05, 0) is 81.4 Å². The van der Waals surface area contributed by atoms with E-state index < -0.39 is 23.8 Å². The molecule has 4 saturated heterocycles. The van der Waals surface area contributed by atoms with Crippen molar-refractivity contribution in [3.8, 4) is 0 Å². The van der Waals surface area contributed by atoms with Crippen LogP contribution in [0.1, 0.15) is 59.2 Å². The number of nitrogens with zero attached hydrogens (tertiary/aromatic N) is 6. The normalized spacial score (nSPS) is 23.7. The quantitative estimate of drug-likeness (QED) is 0.272. The minimum absolute atomic E-state index is 0.104. The number of carbonyl (C=O) groups excluding carboxylic acids is 4. The zero-order valence-electron chi connectivity index (χ0n) is 26.5. The number of non-ortho nitro benzene ring substituents is 1. The second-order valence-corrected chi connectivity index (χ2v) is 13.4. The van der Waals surface area contributed by atoms with Gasteiger partial charge in [0, 0.05) is 81.8 Å². The molecule has 0 radical (unpaired) electrons. The molecule has 5 heterocycles. The Morgan fingerprint density at radius 1 is 0.723 bits per heavy atom. The summed E-state index contributed by atoms with van der Waals surface area (Å²) in [6.45, 7) is 8.99. The second kappa shape index (κ2) is 13.0. The number of anilines is 2. The third-order valence-electron chi connectivity index (χ3n) is 10.7. The molecule has 0 aliphatic carbocycles. The molecule has 0 spiro atoms. The number of benzene rings is 2. The number of imide groups is 2. The molecule has 1 atom stereocenters. The van der Waals surface area contributed by atoms with Crippen molar-refractivity contribution in [2.45, 2.75) is 50.6 Å². The molecule has 1 unspecified atom stereocenters. The maximum absolute atomic E-state index is 13.3. The van der Waals surface area contributed by atoms with Crippen LogP contribution in [0.2, 0.25) is 0 Å². The van der Waals surface area contributed by atoms with Gasteiger partial charge in [-0.3, -0.25) is 44.4 Å². The summed E-state index contributed by atoms with van der Waals surface area (Å²) in [5.74, 6) is -1.30. The van der Waals surface area contributed by atoms with E-state index in [-0.39, 0.29) is 29.4 Å². The Hall–Kier alpha value is -4.36. The van der Waals surface area contributed by atoms with Crippen molar-refractivity contribution in [3.05, 3.63) is 63.7 Å². The number of nitro benzene ring substituents is 1. The lowest BCUT2D eigenvalue weighted by Gasteiger charge is -2.44. The molecule has 7 rings (SSSR count). The van der Waals surface area contributed by atoms with E-state index >= 15 is 0 Å². The Kier molecular flexibility index (Phi) is 8.67. The van der Waals surface area contributed by atoms with Gasteiger partial charge < -0.3 is 14.7 Å². The lowest BCUT2D eigenvalue weighted by molar-refractivity contribution is -0.384. The summed E-state index contributed by atoms with van der Waals surface area (Å²) in [5.41, 5.74) is 2.74. The van der Waals surface area contributed by atoms with Gasteiger partial charge in [0.2, 0.25) is 11.8 Å². The fourth-order valence-corrected chi connectivity index (χ4v) is 7.99. The van der Waals surface area contributed by atoms with Crippen molar-refractivity contribution < 1.29 is 24.1 Å². The predicted octanol–water partition coefficient (Wildman–Crippen LogP) is 2.50. The van der Waals surface area contributed by atoms with Crippen LogP contribution >= 0.6 is 0 Å². The standard InChI is InChI=1S/C34H41N7O6/c42-31-8-7-30(32(43)35-31)40-33(44)28-6-5-27(21-29(28)34(40)45)37-15-9-23(10-16-37)22-36-13-11-25(12-14-36)39-19-17-38(18-20-39)24-1-3-26(4-2-24)41(46)47/h1-6,21,23,25,30H,7-20,22H2,(H,35,42,43). The first-order chi connectivity index (χ1) is 22.7. The highest BCUT2D eigenvalue weighted by Crippen LogP contribution is 2.33. The summed E-state index contributed by atoms with van der Waals surface area (Å²) < 4.78 is 0. The molecule has 0 aromatic heterocycles. The van der Waals surface area contributed by atoms with Crippen LogP contribution < -0.4 is 15.1 Å². The molecule has 0 bridgehead atoms. The number of piperidine rings is 3. The van der Waals surface area contributed by atoms with Crippen molar-refractivity contribution >= 4 is 40.7 Å². The maximum Gasteiger partial charge on any atom is 0.269 e. The fourth-order valence-electron chi connectivity index (χ4n) is 7.99. The average Bonchev–Trinajstić information content (AvgIpc) is 3.34. The molecule has 248 valence electrons. The first-order valence-corrected chi connectivity index (χ1v) is 16.8. The van der Waals surface area contributed by atoms with E-state index in [1.807, 2.05) is 18.2 Å². The van der Waals surface area contributed by atoms with Crippen LogP contribution in [0.5, 0.6) is 0 Å². The number of nitro groups is 1. The summed E-state index contributed by atoms with van der Waals surface area (Å²) in [6, 6.07) is 11.9. The molecule has 2 aromatic carbocycles. The maximum atomic E-state index is 13.3. The number of piperazine rings is 1. The third-order valence-corrected chi connectivity index (χ3v) is 10.7. The summed E-state index contributed by atoms with van der Waals surface area (Å²) in [5, 5.41) is 13.2. The van der Waals surface area contributed by atoms with Crippen LogP contribution in [0, 0.1) is 16.0 Å². The van der Waals surface area contributed by atoms with E-state index in [1.165, 1.54) is 12.8 Å². The van der Waals surface area contributed by atoms with Crippen LogP contribution in [0.4, 0.5) is 17.1 Å². The molecule has 13 nitrogen and oxygen atoms in total. The molecule has 47 heavy (non-hydrogen) atoms. The average molecular weight is 644 g/mol. The topological polar surface area (TPSA) is 140 Å². The number of hydrogen-bond donors (Lipinski definition) is 1. The third kappa shape index (κ3) is 6.33. The molecule has 2 aromatic rings. The van der Waals surface area contributed by atoms with Gasteiger partial charge in [0.15, 0.2) is 0 Å². The highest BCUT2D eigenvalue weighted by molar-refractivity contribution is 6.23. The Morgan fingerprint density at radius 3 is 2.02 bits per heavy atom. The van der Waals surface area contributed by atoms with Crippen molar-refractivity contribution in [2.75, 3.05) is 68.7 Å². The molecule has 0 saturated carbocycles. The van der Waals surface area contributed by atoms with E-state index in [2.05, 4.69) is 24.9 Å². The Balaban J connectivity index is 0.856. The number of carbonyl (C=O) groups is 4. The van der Waals surface area contributed by atoms with Gasteiger partial charge in [0.25, 0.3) is 17.5 Å². The Bertz CT molecular complexity index is 1560. The first kappa shape index (κ1) is 31.3. The van der Waals surface area contributed by atoms with Crippen LogP contribution in [0.15, 0.2) is 42.5 Å². The van der Waals surface area contributed by atoms with E-state index in [4.69, 9.17) is 0 Å². The molecule has 5 aliphatic rings. The molecule has 4 amide bonds. The Labute approximate surface area is 273 Å². The lowest BCUT2D eigenvalue weighted by Crippen LogP contribution is -2.54. The SMILES string of the molecule is O=C1CCC(N2C(=O)c3ccc(N4CCC(CN5CCC(N6CCN(c7ccc([N+](=O)[O-])cc7)CC6)CC5)CC4)cc3C2=O)C(=O)N1. The second-order valence-electron chi connectivity index (χ2n) is 13.4. The van der Waals surface area contributed by atoms with Crippen LogP contribution in [0.3, 0.4) is 0 Å². The fraction of sp³-hybridized carbons (Fsp3) is 0.529. The van der Waals surface area contributed by atoms with Crippen molar-refractivity contribution in [2.24, 2.45) is 5.92 Å². The van der Waals surface area contributed by atoms with Crippen molar-refractivity contribution in [1.29, 1.82) is 0 Å². The molecular formula is C34H41N7O6. The minimum Gasteiger partial charge on any atom is -0.371 e.